The SMILES string of the molecule is CC(=O)c1cc2c(cc1NC(=O)COC(=O)c1c(F)cccc1Cl)OCO2. The topological polar surface area (TPSA) is 90.9 Å². The van der Waals surface area contributed by atoms with E-state index < -0.39 is 29.9 Å². The Morgan fingerprint density at radius 1 is 1.22 bits per heavy atom. The minimum atomic E-state index is -1.08. The largest absolute Gasteiger partial charge is 0.454 e. The molecule has 0 fully saturated rings. The van der Waals surface area contributed by atoms with Crippen LogP contribution in [0, 0.1) is 5.82 Å². The molecule has 3 rings (SSSR count). The molecule has 0 unspecified atom stereocenters. The highest BCUT2D eigenvalue weighted by atomic mass is 35.5. The molecule has 0 aromatic heterocycles. The number of esters is 1. The van der Waals surface area contributed by atoms with E-state index in [1.807, 2.05) is 0 Å². The van der Waals surface area contributed by atoms with E-state index in [1.54, 1.807) is 0 Å². The molecule has 0 saturated heterocycles. The third kappa shape index (κ3) is 4.01. The highest BCUT2D eigenvalue weighted by molar-refractivity contribution is 6.33. The van der Waals surface area contributed by atoms with Crippen LogP contribution in [0.1, 0.15) is 27.6 Å². The Bertz CT molecular complexity index is 925. The lowest BCUT2D eigenvalue weighted by Gasteiger charge is -2.11. The van der Waals surface area contributed by atoms with Crippen molar-refractivity contribution < 1.29 is 33.0 Å². The van der Waals surface area contributed by atoms with Crippen molar-refractivity contribution in [2.75, 3.05) is 18.7 Å². The van der Waals surface area contributed by atoms with Crippen LogP contribution in [0.4, 0.5) is 10.1 Å². The highest BCUT2D eigenvalue weighted by Crippen LogP contribution is 2.37. The molecule has 0 aliphatic carbocycles. The molecule has 0 saturated carbocycles. The average Bonchev–Trinajstić information content (AvgIpc) is 3.06. The Hall–Kier alpha value is -3.13. The average molecular weight is 394 g/mol. The van der Waals surface area contributed by atoms with Gasteiger partial charge in [0, 0.05) is 11.6 Å². The van der Waals surface area contributed by atoms with E-state index in [2.05, 4.69) is 5.32 Å². The normalized spacial score (nSPS) is 11.8. The van der Waals surface area contributed by atoms with E-state index in [9.17, 15) is 18.8 Å². The number of fused-ring (bicyclic) bond motifs is 1. The van der Waals surface area contributed by atoms with Gasteiger partial charge in [-0.2, -0.15) is 0 Å². The summed E-state index contributed by atoms with van der Waals surface area (Å²) in [4.78, 5) is 35.8. The van der Waals surface area contributed by atoms with Crippen LogP contribution in [0.15, 0.2) is 30.3 Å². The van der Waals surface area contributed by atoms with Gasteiger partial charge in [0.05, 0.1) is 10.7 Å². The smallest absolute Gasteiger partial charge is 0.343 e. The van der Waals surface area contributed by atoms with Crippen LogP contribution < -0.4 is 14.8 Å². The maximum atomic E-state index is 13.7. The number of ether oxygens (including phenoxy) is 3. The number of halogens is 2. The molecule has 1 heterocycles. The Morgan fingerprint density at radius 3 is 2.59 bits per heavy atom. The fourth-order valence-electron chi connectivity index (χ4n) is 2.42. The maximum absolute atomic E-state index is 13.7. The van der Waals surface area contributed by atoms with Crippen LogP contribution >= 0.6 is 11.6 Å². The van der Waals surface area contributed by atoms with Gasteiger partial charge in [0.15, 0.2) is 23.9 Å². The van der Waals surface area contributed by atoms with Gasteiger partial charge < -0.3 is 19.5 Å². The first kappa shape index (κ1) is 18.7. The van der Waals surface area contributed by atoms with E-state index in [-0.39, 0.29) is 28.8 Å². The number of carbonyl (C=O) groups excluding carboxylic acids is 3. The summed E-state index contributed by atoms with van der Waals surface area (Å²) in [6, 6.07) is 6.60. The molecular weight excluding hydrogens is 381 g/mol. The predicted molar refractivity (Wildman–Crippen MR) is 92.9 cm³/mol. The first-order chi connectivity index (χ1) is 12.9. The molecule has 0 atom stereocenters. The molecule has 0 radical (unpaired) electrons. The van der Waals surface area contributed by atoms with Crippen molar-refractivity contribution in [2.45, 2.75) is 6.92 Å². The number of hydrogen-bond acceptors (Lipinski definition) is 6. The number of Topliss-reactive ketones (excluding diaryl/α,β-unsaturated/α-hetero) is 1. The summed E-state index contributed by atoms with van der Waals surface area (Å²) in [5.41, 5.74) is -0.0766. The van der Waals surface area contributed by atoms with Crippen molar-refractivity contribution in [1.29, 1.82) is 0 Å². The molecule has 0 bridgehead atoms. The van der Waals surface area contributed by atoms with Gasteiger partial charge in [0.2, 0.25) is 6.79 Å². The van der Waals surface area contributed by atoms with E-state index in [0.29, 0.717) is 11.5 Å². The number of carbonyl (C=O) groups is 3. The van der Waals surface area contributed by atoms with Gasteiger partial charge in [-0.05, 0) is 25.1 Å². The molecule has 7 nitrogen and oxygen atoms in total. The Labute approximate surface area is 158 Å². The van der Waals surface area contributed by atoms with Gasteiger partial charge in [0.25, 0.3) is 5.91 Å². The van der Waals surface area contributed by atoms with Gasteiger partial charge in [0.1, 0.15) is 11.4 Å². The van der Waals surface area contributed by atoms with Gasteiger partial charge in [-0.25, -0.2) is 9.18 Å². The predicted octanol–water partition coefficient (Wildman–Crippen LogP) is 3.21. The summed E-state index contributed by atoms with van der Waals surface area (Å²) in [7, 11) is 0. The van der Waals surface area contributed by atoms with Crippen molar-refractivity contribution in [3.05, 3.63) is 52.3 Å². The third-order valence-electron chi connectivity index (χ3n) is 3.67. The number of ketones is 1. The van der Waals surface area contributed by atoms with E-state index in [0.717, 1.165) is 6.07 Å². The minimum absolute atomic E-state index is 0.00505. The second-order valence-corrected chi connectivity index (χ2v) is 5.94. The van der Waals surface area contributed by atoms with Crippen LogP contribution in [0.5, 0.6) is 11.5 Å². The molecular formula is C18H13ClFNO6. The summed E-state index contributed by atoms with van der Waals surface area (Å²) in [6.07, 6.45) is 0. The summed E-state index contributed by atoms with van der Waals surface area (Å²) in [5, 5.41) is 2.33. The third-order valence-corrected chi connectivity index (χ3v) is 3.98. The van der Waals surface area contributed by atoms with Crippen molar-refractivity contribution in [3.8, 4) is 11.5 Å². The maximum Gasteiger partial charge on any atom is 0.343 e. The summed E-state index contributed by atoms with van der Waals surface area (Å²) < 4.78 is 28.9. The number of anilines is 1. The second-order valence-electron chi connectivity index (χ2n) is 5.53. The Kier molecular flexibility index (Phi) is 5.27. The van der Waals surface area contributed by atoms with Crippen LogP contribution in [-0.2, 0) is 9.53 Å². The molecule has 2 aromatic carbocycles. The lowest BCUT2D eigenvalue weighted by atomic mass is 10.1. The zero-order chi connectivity index (χ0) is 19.6. The zero-order valence-electron chi connectivity index (χ0n) is 14.0. The lowest BCUT2D eigenvalue weighted by Crippen LogP contribution is -2.22. The zero-order valence-corrected chi connectivity index (χ0v) is 14.8. The summed E-state index contributed by atoms with van der Waals surface area (Å²) in [6.45, 7) is 0.633. The molecule has 1 amide bonds. The fraction of sp³-hybridized carbons (Fsp3) is 0.167. The number of benzene rings is 2. The molecule has 27 heavy (non-hydrogen) atoms. The van der Waals surface area contributed by atoms with Crippen LogP contribution in [-0.4, -0.2) is 31.1 Å². The van der Waals surface area contributed by atoms with Crippen LogP contribution in [0.25, 0.3) is 0 Å². The van der Waals surface area contributed by atoms with Gasteiger partial charge in [-0.15, -0.1) is 0 Å². The first-order valence-corrected chi connectivity index (χ1v) is 8.10. The van der Waals surface area contributed by atoms with E-state index in [1.165, 1.54) is 31.2 Å². The number of hydrogen-bond donors (Lipinski definition) is 1. The summed E-state index contributed by atoms with van der Waals surface area (Å²) in [5.74, 6) is -2.21. The molecule has 140 valence electrons. The van der Waals surface area contributed by atoms with Crippen LogP contribution in [0.2, 0.25) is 5.02 Å². The quantitative estimate of drug-likeness (QED) is 0.619. The monoisotopic (exact) mass is 393 g/mol. The fourth-order valence-corrected chi connectivity index (χ4v) is 2.66. The molecule has 0 spiro atoms. The Balaban J connectivity index is 1.70. The molecule has 9 heteroatoms. The molecule has 1 aliphatic heterocycles. The Morgan fingerprint density at radius 2 is 1.93 bits per heavy atom. The van der Waals surface area contributed by atoms with Gasteiger partial charge >= 0.3 is 5.97 Å². The van der Waals surface area contributed by atoms with Crippen molar-refractivity contribution in [3.63, 3.8) is 0 Å². The van der Waals surface area contributed by atoms with E-state index >= 15 is 0 Å². The molecule has 2 aromatic rings. The lowest BCUT2D eigenvalue weighted by molar-refractivity contribution is -0.119. The molecule has 1 aliphatic rings. The minimum Gasteiger partial charge on any atom is -0.454 e. The van der Waals surface area contributed by atoms with Crippen molar-refractivity contribution in [2.24, 2.45) is 0 Å². The van der Waals surface area contributed by atoms with Gasteiger partial charge in [-0.3, -0.25) is 9.59 Å². The summed E-state index contributed by atoms with van der Waals surface area (Å²) >= 11 is 5.77. The van der Waals surface area contributed by atoms with Gasteiger partial charge in [-0.1, -0.05) is 17.7 Å². The highest BCUT2D eigenvalue weighted by Gasteiger charge is 2.22. The van der Waals surface area contributed by atoms with Crippen molar-refractivity contribution >= 4 is 34.9 Å². The standard InChI is InChI=1S/C18H13ClFNO6/c1-9(22)10-5-14-15(27-8-26-14)6-13(10)21-16(23)7-25-18(24)17-11(19)3-2-4-12(17)20/h2-6H,7-8H2,1H3,(H,21,23). The van der Waals surface area contributed by atoms with E-state index in [4.69, 9.17) is 25.8 Å². The first-order valence-electron chi connectivity index (χ1n) is 7.72. The number of amides is 1. The number of nitrogens with one attached hydrogen (secondary N) is 1. The number of rotatable bonds is 5. The van der Waals surface area contributed by atoms with Crippen molar-refractivity contribution in [1.82, 2.24) is 0 Å². The second kappa shape index (κ2) is 7.63. The molecule has 1 N–H and O–H groups in total. The van der Waals surface area contributed by atoms with Crippen LogP contribution in [0.3, 0.4) is 0 Å².